The standard InChI is InChI=1S/C23H33NO4S2/c1-23(28,14-16-6-3-2-4-7-16)12-5-8-17-9-10-20(25)18(17)11-13-29-22-24-19(15-30-22)21(26)27/h5,8,15-18,28H,2-4,6-7,9-14H2,1H3,(H,26,27)/t17-,18+,23-/m0/s1. The highest BCUT2D eigenvalue weighted by atomic mass is 32.2. The van der Waals surface area contributed by atoms with Crippen molar-refractivity contribution in [2.45, 2.75) is 81.1 Å². The van der Waals surface area contributed by atoms with Gasteiger partial charge in [0.05, 0.1) is 5.60 Å². The maximum Gasteiger partial charge on any atom is 0.355 e. The number of aliphatic hydroxyl groups is 1. The number of Topliss-reactive ketones (excluding diaryl/α,β-unsaturated/α-hetero) is 1. The van der Waals surface area contributed by atoms with Crippen molar-refractivity contribution in [3.8, 4) is 0 Å². The molecule has 30 heavy (non-hydrogen) atoms. The maximum absolute atomic E-state index is 12.4. The number of carbonyl (C=O) groups is 2. The molecule has 0 saturated heterocycles. The molecule has 2 aliphatic carbocycles. The van der Waals surface area contributed by atoms with E-state index in [1.807, 2.05) is 6.92 Å². The minimum atomic E-state index is -1.01. The second-order valence-electron chi connectivity index (χ2n) is 9.05. The van der Waals surface area contributed by atoms with Crippen LogP contribution in [0, 0.1) is 17.8 Å². The fraction of sp³-hybridized carbons (Fsp3) is 0.696. The first-order valence-corrected chi connectivity index (χ1v) is 12.9. The van der Waals surface area contributed by atoms with Crippen LogP contribution in [-0.2, 0) is 4.79 Å². The van der Waals surface area contributed by atoms with E-state index in [0.717, 1.165) is 29.4 Å². The molecule has 3 atom stereocenters. The van der Waals surface area contributed by atoms with E-state index in [9.17, 15) is 14.7 Å². The van der Waals surface area contributed by atoms with E-state index in [2.05, 4.69) is 17.1 Å². The fourth-order valence-electron chi connectivity index (χ4n) is 4.83. The van der Waals surface area contributed by atoms with Crippen LogP contribution in [0.2, 0.25) is 0 Å². The van der Waals surface area contributed by atoms with Gasteiger partial charge >= 0.3 is 5.97 Å². The summed E-state index contributed by atoms with van der Waals surface area (Å²) in [5, 5.41) is 21.3. The summed E-state index contributed by atoms with van der Waals surface area (Å²) in [6.07, 6.45) is 14.4. The number of hydrogen-bond donors (Lipinski definition) is 2. The number of carboxylic acid groups (broad SMARTS) is 1. The second-order valence-corrected chi connectivity index (χ2v) is 11.3. The van der Waals surface area contributed by atoms with Gasteiger partial charge in [0.25, 0.3) is 0 Å². The number of nitrogens with zero attached hydrogens (tertiary/aromatic N) is 1. The van der Waals surface area contributed by atoms with Gasteiger partial charge in [-0.2, -0.15) is 0 Å². The minimum absolute atomic E-state index is 0.0240. The Balaban J connectivity index is 1.45. The lowest BCUT2D eigenvalue weighted by Gasteiger charge is -2.30. The number of allylic oxidation sites excluding steroid dienone is 1. The predicted molar refractivity (Wildman–Crippen MR) is 121 cm³/mol. The third-order valence-corrected chi connectivity index (χ3v) is 8.46. The summed E-state index contributed by atoms with van der Waals surface area (Å²) in [7, 11) is 0. The van der Waals surface area contributed by atoms with Crippen LogP contribution < -0.4 is 0 Å². The number of hydrogen-bond acceptors (Lipinski definition) is 6. The van der Waals surface area contributed by atoms with Crippen LogP contribution in [0.5, 0.6) is 0 Å². The molecule has 1 aromatic rings. The lowest BCUT2D eigenvalue weighted by molar-refractivity contribution is -0.121. The smallest absolute Gasteiger partial charge is 0.355 e. The fourth-order valence-corrected chi connectivity index (χ4v) is 6.72. The molecule has 0 unspecified atom stereocenters. The summed E-state index contributed by atoms with van der Waals surface area (Å²) in [6.45, 7) is 1.94. The van der Waals surface area contributed by atoms with Crippen molar-refractivity contribution in [2.75, 3.05) is 5.75 Å². The molecule has 3 rings (SSSR count). The first-order valence-electron chi connectivity index (χ1n) is 11.1. The molecule has 1 aromatic heterocycles. The first-order chi connectivity index (χ1) is 14.3. The van der Waals surface area contributed by atoms with Gasteiger partial charge in [0.15, 0.2) is 10.0 Å². The largest absolute Gasteiger partial charge is 0.476 e. The van der Waals surface area contributed by atoms with Gasteiger partial charge < -0.3 is 10.2 Å². The molecular formula is C23H33NO4S2. The SMILES string of the molecule is C[C@](O)(CC=C[C@H]1CCC(=O)[C@@H]1CCSc1nc(C(=O)O)cs1)CC1CCCCC1. The van der Waals surface area contributed by atoms with Crippen LogP contribution in [-0.4, -0.2) is 38.3 Å². The topological polar surface area (TPSA) is 87.5 Å². The number of carbonyl (C=O) groups excluding carboxylic acids is 1. The Labute approximate surface area is 187 Å². The summed E-state index contributed by atoms with van der Waals surface area (Å²) in [4.78, 5) is 27.4. The second kappa shape index (κ2) is 10.9. The molecule has 2 fully saturated rings. The molecule has 0 aliphatic heterocycles. The number of ketones is 1. The zero-order chi connectivity index (χ0) is 21.6. The van der Waals surface area contributed by atoms with Crippen LogP contribution in [0.25, 0.3) is 0 Å². The van der Waals surface area contributed by atoms with Gasteiger partial charge in [-0.15, -0.1) is 11.3 Å². The number of thioether (sulfide) groups is 1. The lowest BCUT2D eigenvalue weighted by atomic mass is 9.80. The van der Waals surface area contributed by atoms with Crippen molar-refractivity contribution in [3.63, 3.8) is 0 Å². The van der Waals surface area contributed by atoms with E-state index in [-0.39, 0.29) is 17.5 Å². The van der Waals surface area contributed by atoms with E-state index in [1.165, 1.54) is 55.2 Å². The Morgan fingerprint density at radius 2 is 2.10 bits per heavy atom. The number of thiazole rings is 1. The van der Waals surface area contributed by atoms with Gasteiger partial charge in [-0.1, -0.05) is 56.0 Å². The highest BCUT2D eigenvalue weighted by Gasteiger charge is 2.33. The number of carboxylic acids is 1. The Morgan fingerprint density at radius 3 is 2.80 bits per heavy atom. The van der Waals surface area contributed by atoms with E-state index in [0.29, 0.717) is 24.5 Å². The van der Waals surface area contributed by atoms with Crippen LogP contribution >= 0.6 is 23.1 Å². The minimum Gasteiger partial charge on any atom is -0.476 e. The van der Waals surface area contributed by atoms with Gasteiger partial charge in [0, 0.05) is 23.5 Å². The van der Waals surface area contributed by atoms with Crippen molar-refractivity contribution in [1.29, 1.82) is 0 Å². The molecule has 2 saturated carbocycles. The zero-order valence-electron chi connectivity index (χ0n) is 17.7. The molecular weight excluding hydrogens is 418 g/mol. The molecule has 0 spiro atoms. The summed E-state index contributed by atoms with van der Waals surface area (Å²) in [5.74, 6) is 0.989. The van der Waals surface area contributed by atoms with Gasteiger partial charge in [-0.05, 0) is 44.4 Å². The maximum atomic E-state index is 12.4. The number of rotatable bonds is 10. The molecule has 0 bridgehead atoms. The summed E-state index contributed by atoms with van der Waals surface area (Å²) >= 11 is 2.86. The Kier molecular flexibility index (Phi) is 8.54. The zero-order valence-corrected chi connectivity index (χ0v) is 19.3. The van der Waals surface area contributed by atoms with Crippen molar-refractivity contribution >= 4 is 34.9 Å². The van der Waals surface area contributed by atoms with E-state index < -0.39 is 11.6 Å². The highest BCUT2D eigenvalue weighted by Crippen LogP contribution is 2.36. The molecule has 0 amide bonds. The Bertz CT molecular complexity index is 752. The molecule has 2 N–H and O–H groups in total. The lowest BCUT2D eigenvalue weighted by Crippen LogP contribution is -2.28. The Hall–Kier alpha value is -1.18. The van der Waals surface area contributed by atoms with Crippen LogP contribution in [0.1, 0.15) is 81.6 Å². The van der Waals surface area contributed by atoms with Crippen molar-refractivity contribution in [1.82, 2.24) is 4.98 Å². The van der Waals surface area contributed by atoms with Crippen LogP contribution in [0.15, 0.2) is 21.9 Å². The molecule has 5 nitrogen and oxygen atoms in total. The average molecular weight is 452 g/mol. The normalized spacial score (nSPS) is 25.1. The van der Waals surface area contributed by atoms with Crippen molar-refractivity contribution in [3.05, 3.63) is 23.2 Å². The number of aromatic carboxylic acids is 1. The first kappa shape index (κ1) is 23.5. The third kappa shape index (κ3) is 6.92. The van der Waals surface area contributed by atoms with Gasteiger partial charge in [-0.3, -0.25) is 4.79 Å². The van der Waals surface area contributed by atoms with Gasteiger partial charge in [-0.25, -0.2) is 9.78 Å². The Morgan fingerprint density at radius 1 is 1.33 bits per heavy atom. The van der Waals surface area contributed by atoms with E-state index in [4.69, 9.17) is 5.11 Å². The predicted octanol–water partition coefficient (Wildman–Crippen LogP) is 5.59. The molecule has 0 aromatic carbocycles. The monoisotopic (exact) mass is 451 g/mol. The van der Waals surface area contributed by atoms with Crippen LogP contribution in [0.4, 0.5) is 0 Å². The number of aromatic nitrogens is 1. The third-order valence-electron chi connectivity index (χ3n) is 6.41. The molecule has 1 heterocycles. The van der Waals surface area contributed by atoms with Crippen molar-refractivity contribution in [2.24, 2.45) is 17.8 Å². The summed E-state index contributed by atoms with van der Waals surface area (Å²) in [5.41, 5.74) is -0.584. The summed E-state index contributed by atoms with van der Waals surface area (Å²) < 4.78 is 0.740. The molecule has 2 aliphatic rings. The summed E-state index contributed by atoms with van der Waals surface area (Å²) in [6, 6.07) is 0. The average Bonchev–Trinajstić information content (AvgIpc) is 3.30. The van der Waals surface area contributed by atoms with Gasteiger partial charge in [0.2, 0.25) is 0 Å². The molecule has 7 heteroatoms. The van der Waals surface area contributed by atoms with E-state index >= 15 is 0 Å². The highest BCUT2D eigenvalue weighted by molar-refractivity contribution is 8.01. The quantitative estimate of drug-likeness (QED) is 0.356. The van der Waals surface area contributed by atoms with Crippen LogP contribution in [0.3, 0.4) is 0 Å². The van der Waals surface area contributed by atoms with Gasteiger partial charge in [0.1, 0.15) is 5.78 Å². The molecule has 0 radical (unpaired) electrons. The van der Waals surface area contributed by atoms with Crippen molar-refractivity contribution < 1.29 is 19.8 Å². The molecule has 166 valence electrons. The van der Waals surface area contributed by atoms with E-state index in [1.54, 1.807) is 5.38 Å².